The maximum Gasteiger partial charge on any atom is 0.255 e. The summed E-state index contributed by atoms with van der Waals surface area (Å²) < 4.78 is 0. The van der Waals surface area contributed by atoms with Gasteiger partial charge in [-0.15, -0.1) is 0 Å². The lowest BCUT2D eigenvalue weighted by molar-refractivity contribution is -0.130. The molecule has 0 aliphatic carbocycles. The Kier molecular flexibility index (Phi) is 5.41. The summed E-state index contributed by atoms with van der Waals surface area (Å²) in [5, 5.41) is 22.1. The van der Waals surface area contributed by atoms with Gasteiger partial charge in [-0.3, -0.25) is 9.59 Å². The van der Waals surface area contributed by atoms with E-state index < -0.39 is 11.7 Å². The monoisotopic (exact) mass is 354 g/mol. The molecule has 6 heteroatoms. The molecule has 1 atom stereocenters. The molecule has 3 N–H and O–H groups in total. The van der Waals surface area contributed by atoms with Crippen molar-refractivity contribution in [1.82, 2.24) is 10.2 Å². The van der Waals surface area contributed by atoms with E-state index in [2.05, 4.69) is 5.32 Å². The van der Waals surface area contributed by atoms with Gasteiger partial charge in [0, 0.05) is 25.6 Å². The lowest BCUT2D eigenvalue weighted by atomic mass is 10.1. The number of aryl methyl sites for hydroxylation is 1. The maximum atomic E-state index is 12.4. The highest BCUT2D eigenvalue weighted by Gasteiger charge is 2.28. The molecule has 0 spiro atoms. The number of phenolic OH excluding ortho intramolecular Hbond substituents is 2. The Hall–Kier alpha value is -3.02. The molecule has 1 aliphatic heterocycles. The summed E-state index contributed by atoms with van der Waals surface area (Å²) in [6.45, 7) is 1.06. The van der Waals surface area contributed by atoms with Gasteiger partial charge in [-0.2, -0.15) is 0 Å². The van der Waals surface area contributed by atoms with Gasteiger partial charge >= 0.3 is 0 Å². The molecule has 1 aliphatic rings. The van der Waals surface area contributed by atoms with Crippen molar-refractivity contribution in [2.24, 2.45) is 0 Å². The molecule has 0 radical (unpaired) electrons. The minimum absolute atomic E-state index is 0.0267. The van der Waals surface area contributed by atoms with Crippen LogP contribution in [0, 0.1) is 0 Å². The standard InChI is InChI=1S/C20H22N2O4/c23-17-8-4-7-16(19(17)25)20(26)21-15-11-12-22(13-15)18(24)10-9-14-5-2-1-3-6-14/h1-8,15,23,25H,9-13H2,(H,21,26)/t15-/m1/s1. The zero-order valence-corrected chi connectivity index (χ0v) is 14.4. The number of likely N-dealkylation sites (tertiary alicyclic amines) is 1. The topological polar surface area (TPSA) is 89.9 Å². The van der Waals surface area contributed by atoms with Gasteiger partial charge in [-0.05, 0) is 30.5 Å². The van der Waals surface area contributed by atoms with Crippen molar-refractivity contribution >= 4 is 11.8 Å². The molecule has 3 rings (SSSR count). The number of rotatable bonds is 5. The number of aromatic hydroxyl groups is 2. The molecule has 0 bridgehead atoms. The number of amides is 2. The fourth-order valence-corrected chi connectivity index (χ4v) is 3.14. The summed E-state index contributed by atoms with van der Waals surface area (Å²) in [5.41, 5.74) is 1.16. The van der Waals surface area contributed by atoms with Gasteiger partial charge < -0.3 is 20.4 Å². The van der Waals surface area contributed by atoms with Crippen molar-refractivity contribution in [2.75, 3.05) is 13.1 Å². The number of nitrogens with zero attached hydrogens (tertiary/aromatic N) is 1. The largest absolute Gasteiger partial charge is 0.504 e. The number of hydrogen-bond donors (Lipinski definition) is 3. The summed E-state index contributed by atoms with van der Waals surface area (Å²) >= 11 is 0. The molecule has 0 saturated carbocycles. The van der Waals surface area contributed by atoms with Crippen molar-refractivity contribution in [2.45, 2.75) is 25.3 Å². The number of hydrogen-bond acceptors (Lipinski definition) is 4. The molecule has 1 fully saturated rings. The third-order valence-corrected chi connectivity index (χ3v) is 4.61. The first-order valence-electron chi connectivity index (χ1n) is 8.68. The van der Waals surface area contributed by atoms with E-state index in [9.17, 15) is 19.8 Å². The summed E-state index contributed by atoms with van der Waals surface area (Å²) in [6.07, 6.45) is 1.81. The van der Waals surface area contributed by atoms with Gasteiger partial charge in [-0.1, -0.05) is 36.4 Å². The van der Waals surface area contributed by atoms with E-state index in [0.717, 1.165) is 5.56 Å². The molecular formula is C20H22N2O4. The van der Waals surface area contributed by atoms with Gasteiger partial charge in [0.15, 0.2) is 11.5 Å². The summed E-state index contributed by atoms with van der Waals surface area (Å²) in [4.78, 5) is 26.4. The SMILES string of the molecule is O=C(N[C@@H]1CCN(C(=O)CCc2ccccc2)C1)c1cccc(O)c1O. The zero-order chi connectivity index (χ0) is 18.5. The number of para-hydroxylation sites is 1. The van der Waals surface area contributed by atoms with E-state index in [-0.39, 0.29) is 23.3 Å². The van der Waals surface area contributed by atoms with E-state index in [1.54, 1.807) is 4.90 Å². The van der Waals surface area contributed by atoms with Crippen LogP contribution >= 0.6 is 0 Å². The fraction of sp³-hybridized carbons (Fsp3) is 0.300. The van der Waals surface area contributed by atoms with E-state index in [0.29, 0.717) is 32.4 Å². The minimum Gasteiger partial charge on any atom is -0.504 e. The smallest absolute Gasteiger partial charge is 0.255 e. The maximum absolute atomic E-state index is 12.4. The minimum atomic E-state index is -0.456. The van der Waals surface area contributed by atoms with Gasteiger partial charge in [-0.25, -0.2) is 0 Å². The predicted molar refractivity (Wildman–Crippen MR) is 97.0 cm³/mol. The molecule has 136 valence electrons. The lowest BCUT2D eigenvalue weighted by Gasteiger charge is -2.17. The molecule has 1 saturated heterocycles. The van der Waals surface area contributed by atoms with Crippen molar-refractivity contribution in [3.05, 3.63) is 59.7 Å². The van der Waals surface area contributed by atoms with Crippen molar-refractivity contribution < 1.29 is 19.8 Å². The number of benzene rings is 2. The zero-order valence-electron chi connectivity index (χ0n) is 14.4. The second kappa shape index (κ2) is 7.91. The van der Waals surface area contributed by atoms with Crippen LogP contribution in [0.3, 0.4) is 0 Å². The first kappa shape index (κ1) is 17.8. The van der Waals surface area contributed by atoms with Crippen molar-refractivity contribution in [3.8, 4) is 11.5 Å². The van der Waals surface area contributed by atoms with E-state index in [1.807, 2.05) is 30.3 Å². The Morgan fingerprint density at radius 2 is 1.85 bits per heavy atom. The normalized spacial score (nSPS) is 16.5. The highest BCUT2D eigenvalue weighted by molar-refractivity contribution is 5.97. The van der Waals surface area contributed by atoms with Crippen LogP contribution in [-0.4, -0.2) is 46.1 Å². The second-order valence-corrected chi connectivity index (χ2v) is 6.46. The van der Waals surface area contributed by atoms with Crippen LogP contribution < -0.4 is 5.32 Å². The van der Waals surface area contributed by atoms with E-state index in [1.165, 1.54) is 18.2 Å². The van der Waals surface area contributed by atoms with Gasteiger partial charge in [0.1, 0.15) is 0 Å². The van der Waals surface area contributed by atoms with Gasteiger partial charge in [0.2, 0.25) is 5.91 Å². The highest BCUT2D eigenvalue weighted by atomic mass is 16.3. The number of nitrogens with one attached hydrogen (secondary N) is 1. The molecular weight excluding hydrogens is 332 g/mol. The Bertz CT molecular complexity index is 792. The molecule has 6 nitrogen and oxygen atoms in total. The lowest BCUT2D eigenvalue weighted by Crippen LogP contribution is -2.38. The van der Waals surface area contributed by atoms with E-state index >= 15 is 0 Å². The number of carbonyl (C=O) groups is 2. The highest BCUT2D eigenvalue weighted by Crippen LogP contribution is 2.28. The molecule has 1 heterocycles. The van der Waals surface area contributed by atoms with E-state index in [4.69, 9.17) is 0 Å². The summed E-state index contributed by atoms with van der Waals surface area (Å²) in [6, 6.07) is 14.0. The summed E-state index contributed by atoms with van der Waals surface area (Å²) in [7, 11) is 0. The third kappa shape index (κ3) is 4.14. The average molecular weight is 354 g/mol. The van der Waals surface area contributed by atoms with Crippen LogP contribution in [0.15, 0.2) is 48.5 Å². The van der Waals surface area contributed by atoms with Gasteiger partial charge in [0.05, 0.1) is 5.56 Å². The van der Waals surface area contributed by atoms with Crippen LogP contribution in [0.1, 0.15) is 28.8 Å². The Morgan fingerprint density at radius 3 is 2.62 bits per heavy atom. The van der Waals surface area contributed by atoms with Gasteiger partial charge in [0.25, 0.3) is 5.91 Å². The Labute approximate surface area is 152 Å². The molecule has 2 aromatic carbocycles. The Balaban J connectivity index is 1.51. The summed E-state index contributed by atoms with van der Waals surface area (Å²) in [5.74, 6) is -1.15. The first-order chi connectivity index (χ1) is 12.5. The first-order valence-corrected chi connectivity index (χ1v) is 8.68. The van der Waals surface area contributed by atoms with Crippen LogP contribution in [0.4, 0.5) is 0 Å². The molecule has 0 aromatic heterocycles. The van der Waals surface area contributed by atoms with Crippen molar-refractivity contribution in [3.63, 3.8) is 0 Å². The Morgan fingerprint density at radius 1 is 1.08 bits per heavy atom. The fourth-order valence-electron chi connectivity index (χ4n) is 3.14. The van der Waals surface area contributed by atoms with Crippen LogP contribution in [-0.2, 0) is 11.2 Å². The van der Waals surface area contributed by atoms with Crippen molar-refractivity contribution in [1.29, 1.82) is 0 Å². The molecule has 26 heavy (non-hydrogen) atoms. The third-order valence-electron chi connectivity index (χ3n) is 4.61. The average Bonchev–Trinajstić information content (AvgIpc) is 3.11. The molecule has 2 aromatic rings. The molecule has 2 amide bonds. The molecule has 0 unspecified atom stereocenters. The quantitative estimate of drug-likeness (QED) is 0.717. The van der Waals surface area contributed by atoms with Crippen LogP contribution in [0.25, 0.3) is 0 Å². The predicted octanol–water partition coefficient (Wildman–Crippen LogP) is 2.06. The van der Waals surface area contributed by atoms with Crippen LogP contribution in [0.2, 0.25) is 0 Å². The van der Waals surface area contributed by atoms with Crippen LogP contribution in [0.5, 0.6) is 11.5 Å². The number of carbonyl (C=O) groups excluding carboxylic acids is 2. The number of phenols is 2. The second-order valence-electron chi connectivity index (χ2n) is 6.46.